The monoisotopic (exact) mass is 552 g/mol. The van der Waals surface area contributed by atoms with Crippen molar-refractivity contribution in [1.29, 1.82) is 0 Å². The molecule has 2 rings (SSSR count). The third-order valence-corrected chi connectivity index (χ3v) is 6.51. The van der Waals surface area contributed by atoms with Gasteiger partial charge < -0.3 is 18.9 Å². The number of carbonyl (C=O) groups excluding carboxylic acids is 3. The molecule has 0 aliphatic heterocycles. The van der Waals surface area contributed by atoms with Gasteiger partial charge in [-0.3, -0.25) is 14.4 Å². The summed E-state index contributed by atoms with van der Waals surface area (Å²) in [6, 6.07) is 9.93. The van der Waals surface area contributed by atoms with Gasteiger partial charge >= 0.3 is 11.9 Å². The number of benzene rings is 2. The molecular formula is C33H44O7. The van der Waals surface area contributed by atoms with E-state index < -0.39 is 10.8 Å². The molecule has 0 atom stereocenters. The summed E-state index contributed by atoms with van der Waals surface area (Å²) >= 11 is 0. The highest BCUT2D eigenvalue weighted by molar-refractivity contribution is 6.10. The molecule has 0 radical (unpaired) electrons. The number of rotatable bonds is 10. The fourth-order valence-corrected chi connectivity index (χ4v) is 3.46. The Kier molecular flexibility index (Phi) is 10.4. The van der Waals surface area contributed by atoms with E-state index in [4.69, 9.17) is 18.9 Å². The van der Waals surface area contributed by atoms with Crippen LogP contribution < -0.4 is 14.2 Å². The van der Waals surface area contributed by atoms with E-state index in [0.717, 1.165) is 12.0 Å². The van der Waals surface area contributed by atoms with Gasteiger partial charge in [0.2, 0.25) is 5.78 Å². The number of esters is 2. The Bertz CT molecular complexity index is 1250. The summed E-state index contributed by atoms with van der Waals surface area (Å²) in [6.07, 6.45) is 2.41. The average molecular weight is 553 g/mol. The molecule has 0 unspecified atom stereocenters. The maximum atomic E-state index is 13.4. The molecule has 7 nitrogen and oxygen atoms in total. The molecule has 0 N–H and O–H groups in total. The van der Waals surface area contributed by atoms with Crippen molar-refractivity contribution in [2.45, 2.75) is 81.1 Å². The van der Waals surface area contributed by atoms with Gasteiger partial charge in [-0.15, -0.1) is 0 Å². The molecule has 40 heavy (non-hydrogen) atoms. The third-order valence-electron chi connectivity index (χ3n) is 6.51. The topological polar surface area (TPSA) is 88.1 Å². The zero-order valence-corrected chi connectivity index (χ0v) is 25.8. The molecular weight excluding hydrogens is 508 g/mol. The minimum Gasteiger partial charge on any atom is -0.493 e. The minimum absolute atomic E-state index is 0.0973. The number of ether oxygens (including phenoxy) is 4. The number of allylic oxidation sites excluding steroid dienone is 1. The fraction of sp³-hybridized carbons (Fsp3) is 0.485. The first kappa shape index (κ1) is 32.6. The van der Waals surface area contributed by atoms with E-state index in [0.29, 0.717) is 35.0 Å². The predicted octanol–water partition coefficient (Wildman–Crippen LogP) is 7.55. The van der Waals surface area contributed by atoms with Crippen molar-refractivity contribution in [2.24, 2.45) is 10.8 Å². The molecule has 0 saturated heterocycles. The molecule has 0 saturated carbocycles. The molecule has 0 aromatic heterocycles. The molecule has 218 valence electrons. The second kappa shape index (κ2) is 12.7. The lowest BCUT2D eigenvalue weighted by molar-refractivity contribution is -0.143. The summed E-state index contributed by atoms with van der Waals surface area (Å²) in [7, 11) is 1.43. The van der Waals surface area contributed by atoms with Gasteiger partial charge in [0, 0.05) is 22.8 Å². The SMILES string of the molecule is CCOc1cc(OC(=O)C(C)(C)C)c(C(C)(C)CC)cc1C=C(OC)C(=O)c1ccc(OC(=O)C(C)(C)C)cc1. The molecule has 7 heteroatoms. The maximum Gasteiger partial charge on any atom is 0.316 e. The number of Topliss-reactive ketones (excluding diaryl/α,β-unsaturated/α-hetero) is 1. The van der Waals surface area contributed by atoms with Crippen LogP contribution in [0.5, 0.6) is 17.2 Å². The molecule has 0 aliphatic rings. The van der Waals surface area contributed by atoms with Crippen molar-refractivity contribution >= 4 is 23.8 Å². The summed E-state index contributed by atoms with van der Waals surface area (Å²) in [5.74, 6) is 0.272. The lowest BCUT2D eigenvalue weighted by atomic mass is 9.80. The quantitative estimate of drug-likeness (QED) is 0.0989. The zero-order chi connectivity index (χ0) is 30.5. The van der Waals surface area contributed by atoms with Gasteiger partial charge in [0.15, 0.2) is 5.76 Å². The van der Waals surface area contributed by atoms with E-state index >= 15 is 0 Å². The first-order valence-corrected chi connectivity index (χ1v) is 13.6. The standard InChI is InChI=1S/C33H44O7/c1-12-33(9,10)24-18-22(25(38-13-2)20-26(24)40-30(36)32(6,7)8)19-27(37-11)28(34)21-14-16-23(17-15-21)39-29(35)31(3,4)5/h14-20H,12-13H2,1-11H3. The van der Waals surface area contributed by atoms with Gasteiger partial charge in [-0.25, -0.2) is 0 Å². The number of hydrogen-bond donors (Lipinski definition) is 0. The Labute approximate surface area is 238 Å². The normalized spacial score (nSPS) is 12.5. The lowest BCUT2D eigenvalue weighted by Crippen LogP contribution is -2.27. The van der Waals surface area contributed by atoms with E-state index in [1.54, 1.807) is 78.0 Å². The zero-order valence-electron chi connectivity index (χ0n) is 25.8. The molecule has 0 spiro atoms. The van der Waals surface area contributed by atoms with E-state index in [1.165, 1.54) is 7.11 Å². The van der Waals surface area contributed by atoms with E-state index in [1.807, 2.05) is 13.0 Å². The number of hydrogen-bond acceptors (Lipinski definition) is 7. The van der Waals surface area contributed by atoms with Gasteiger partial charge in [-0.05, 0) is 96.7 Å². The van der Waals surface area contributed by atoms with Crippen LogP contribution in [0.1, 0.15) is 97.1 Å². The number of carbonyl (C=O) groups is 3. The highest BCUT2D eigenvalue weighted by Crippen LogP contribution is 2.40. The van der Waals surface area contributed by atoms with Gasteiger partial charge in [0.05, 0.1) is 24.5 Å². The van der Waals surface area contributed by atoms with Crippen molar-refractivity contribution in [1.82, 2.24) is 0 Å². The smallest absolute Gasteiger partial charge is 0.316 e. The van der Waals surface area contributed by atoms with Crippen LogP contribution in [0.3, 0.4) is 0 Å². The minimum atomic E-state index is -0.686. The molecule has 0 heterocycles. The van der Waals surface area contributed by atoms with Gasteiger partial charge in [0.1, 0.15) is 17.2 Å². The summed E-state index contributed by atoms with van der Waals surface area (Å²) in [5, 5.41) is 0. The van der Waals surface area contributed by atoms with E-state index in [-0.39, 0.29) is 28.9 Å². The molecule has 2 aromatic carbocycles. The number of ketones is 1. The van der Waals surface area contributed by atoms with Gasteiger partial charge in [0.25, 0.3) is 0 Å². The van der Waals surface area contributed by atoms with Gasteiger partial charge in [-0.2, -0.15) is 0 Å². The van der Waals surface area contributed by atoms with Crippen LogP contribution in [0, 0.1) is 10.8 Å². The molecule has 0 fully saturated rings. The maximum absolute atomic E-state index is 13.4. The van der Waals surface area contributed by atoms with E-state index in [9.17, 15) is 14.4 Å². The van der Waals surface area contributed by atoms with Crippen molar-refractivity contribution in [3.8, 4) is 17.2 Å². The van der Waals surface area contributed by atoms with Crippen LogP contribution in [0.25, 0.3) is 6.08 Å². The average Bonchev–Trinajstić information content (AvgIpc) is 2.87. The van der Waals surface area contributed by atoms with Crippen molar-refractivity contribution in [3.05, 3.63) is 58.8 Å². The second-order valence-corrected chi connectivity index (χ2v) is 12.4. The van der Waals surface area contributed by atoms with Gasteiger partial charge in [-0.1, -0.05) is 20.8 Å². The first-order chi connectivity index (χ1) is 18.4. The van der Waals surface area contributed by atoms with Crippen LogP contribution >= 0.6 is 0 Å². The second-order valence-electron chi connectivity index (χ2n) is 12.4. The Morgan fingerprint density at radius 1 is 0.775 bits per heavy atom. The van der Waals surface area contributed by atoms with Crippen molar-refractivity contribution < 1.29 is 33.3 Å². The Morgan fingerprint density at radius 3 is 1.80 bits per heavy atom. The summed E-state index contributed by atoms with van der Waals surface area (Å²) in [5.41, 5.74) is 0.133. The molecule has 0 amide bonds. The number of methoxy groups -OCH3 is 1. The van der Waals surface area contributed by atoms with Crippen LogP contribution in [-0.4, -0.2) is 31.4 Å². The Hall–Kier alpha value is -3.61. The van der Waals surface area contributed by atoms with Crippen LogP contribution in [0.15, 0.2) is 42.2 Å². The van der Waals surface area contributed by atoms with Crippen molar-refractivity contribution in [2.75, 3.05) is 13.7 Å². The summed E-state index contributed by atoms with van der Waals surface area (Å²) in [6.45, 7) is 19.2. The highest BCUT2D eigenvalue weighted by atomic mass is 16.5. The first-order valence-electron chi connectivity index (χ1n) is 13.6. The van der Waals surface area contributed by atoms with E-state index in [2.05, 4.69) is 20.8 Å². The molecule has 0 aliphatic carbocycles. The predicted molar refractivity (Wildman–Crippen MR) is 157 cm³/mol. The fourth-order valence-electron chi connectivity index (χ4n) is 3.46. The summed E-state index contributed by atoms with van der Waals surface area (Å²) < 4.78 is 22.7. The molecule has 0 bridgehead atoms. The third kappa shape index (κ3) is 8.20. The van der Waals surface area contributed by atoms with Crippen LogP contribution in [0.2, 0.25) is 0 Å². The van der Waals surface area contributed by atoms with Crippen LogP contribution in [0.4, 0.5) is 0 Å². The largest absolute Gasteiger partial charge is 0.493 e. The highest BCUT2D eigenvalue weighted by Gasteiger charge is 2.30. The van der Waals surface area contributed by atoms with Crippen molar-refractivity contribution in [3.63, 3.8) is 0 Å². The Morgan fingerprint density at radius 2 is 1.32 bits per heavy atom. The molecule has 2 aromatic rings. The Balaban J connectivity index is 2.56. The summed E-state index contributed by atoms with van der Waals surface area (Å²) in [4.78, 5) is 38.4. The van der Waals surface area contributed by atoms with Crippen LogP contribution in [-0.2, 0) is 19.7 Å². The lowest BCUT2D eigenvalue weighted by Gasteiger charge is -2.28.